The van der Waals surface area contributed by atoms with Crippen LogP contribution < -0.4 is 9.47 Å². The van der Waals surface area contributed by atoms with Crippen molar-refractivity contribution in [2.45, 2.75) is 105 Å². The van der Waals surface area contributed by atoms with Crippen LogP contribution in [0.5, 0.6) is 11.5 Å². The zero-order valence-electron chi connectivity index (χ0n) is 26.6. The van der Waals surface area contributed by atoms with Crippen LogP contribution in [0.25, 0.3) is 0 Å². The van der Waals surface area contributed by atoms with Gasteiger partial charge >= 0.3 is 0 Å². The lowest BCUT2D eigenvalue weighted by atomic mass is 9.55. The number of ketones is 1. The van der Waals surface area contributed by atoms with Crippen molar-refractivity contribution in [1.29, 1.82) is 0 Å². The summed E-state index contributed by atoms with van der Waals surface area (Å²) in [6, 6.07) is 26.2. The molecule has 0 aromatic heterocycles. The summed E-state index contributed by atoms with van der Waals surface area (Å²) in [4.78, 5) is 14.0. The Bertz CT molecular complexity index is 1320. The Morgan fingerprint density at radius 3 is 1.46 bits per heavy atom. The fourth-order valence-corrected chi connectivity index (χ4v) is 7.60. The van der Waals surface area contributed by atoms with Crippen LogP contribution in [0.1, 0.15) is 103 Å². The van der Waals surface area contributed by atoms with Gasteiger partial charge in [0.05, 0.1) is 0 Å². The van der Waals surface area contributed by atoms with E-state index >= 15 is 0 Å². The molecular weight excluding hydrogens is 504 g/mol. The summed E-state index contributed by atoms with van der Waals surface area (Å²) >= 11 is 0. The molecule has 2 atom stereocenters. The Kier molecular flexibility index (Phi) is 7.20. The SMILES string of the molecule is Cc1ccc(C(CC23CCC(CC2=O)C3(C)C)(c2ccc(OC(C)(C)C)cc2)c2ccc(OC(C)(C)C)cc2)cc1. The van der Waals surface area contributed by atoms with Gasteiger partial charge in [0.2, 0.25) is 0 Å². The fourth-order valence-electron chi connectivity index (χ4n) is 7.60. The molecule has 2 saturated carbocycles. The molecule has 3 heteroatoms. The highest BCUT2D eigenvalue weighted by Crippen LogP contribution is 2.68. The van der Waals surface area contributed by atoms with Gasteiger partial charge in [-0.25, -0.2) is 0 Å². The molecule has 3 aromatic rings. The maximum absolute atomic E-state index is 14.0. The third-order valence-electron chi connectivity index (χ3n) is 9.79. The van der Waals surface area contributed by atoms with Gasteiger partial charge in [-0.2, -0.15) is 0 Å². The number of hydrogen-bond acceptors (Lipinski definition) is 3. The average Bonchev–Trinajstić information content (AvgIpc) is 3.22. The van der Waals surface area contributed by atoms with Gasteiger partial charge in [0, 0.05) is 17.3 Å². The number of rotatable bonds is 7. The normalized spacial score (nSPS) is 22.2. The molecule has 0 aliphatic heterocycles. The van der Waals surface area contributed by atoms with Crippen molar-refractivity contribution < 1.29 is 14.3 Å². The molecule has 2 aliphatic carbocycles. The van der Waals surface area contributed by atoms with Crippen molar-refractivity contribution in [3.8, 4) is 11.5 Å². The van der Waals surface area contributed by atoms with E-state index in [1.807, 2.05) is 0 Å². The first-order valence-corrected chi connectivity index (χ1v) is 15.3. The van der Waals surface area contributed by atoms with Crippen molar-refractivity contribution in [1.82, 2.24) is 0 Å². The minimum Gasteiger partial charge on any atom is -0.488 e. The summed E-state index contributed by atoms with van der Waals surface area (Å²) in [5, 5.41) is 0. The summed E-state index contributed by atoms with van der Waals surface area (Å²) in [7, 11) is 0. The Balaban J connectivity index is 1.74. The molecule has 2 aliphatic rings. The molecule has 3 nitrogen and oxygen atoms in total. The first-order valence-electron chi connectivity index (χ1n) is 15.3. The Morgan fingerprint density at radius 1 is 0.707 bits per heavy atom. The summed E-state index contributed by atoms with van der Waals surface area (Å²) in [6.07, 6.45) is 3.52. The molecule has 218 valence electrons. The molecule has 0 saturated heterocycles. The van der Waals surface area contributed by atoms with Crippen LogP contribution in [0, 0.1) is 23.7 Å². The standard InChI is InChI=1S/C38H48O3/c1-26-10-12-27(13-11-26)38(28-14-18-31(19-15-28)40-34(2,3)4,29-16-20-32(21-17-29)41-35(5,6)7)25-37-23-22-30(24-33(37)39)36(37,8)9/h10-21,30H,22-25H2,1-9H3. The second kappa shape index (κ2) is 10.0. The number of fused-ring (bicyclic) bond motifs is 2. The van der Waals surface area contributed by atoms with E-state index in [1.54, 1.807) is 0 Å². The maximum atomic E-state index is 14.0. The van der Waals surface area contributed by atoms with E-state index in [9.17, 15) is 4.79 Å². The highest BCUT2D eigenvalue weighted by molar-refractivity contribution is 5.90. The van der Waals surface area contributed by atoms with Crippen LogP contribution in [-0.2, 0) is 10.2 Å². The highest BCUT2D eigenvalue weighted by Gasteiger charge is 2.66. The molecule has 3 aromatic carbocycles. The van der Waals surface area contributed by atoms with Gasteiger partial charge < -0.3 is 9.47 Å². The molecule has 0 spiro atoms. The van der Waals surface area contributed by atoms with Crippen LogP contribution in [0.3, 0.4) is 0 Å². The van der Waals surface area contributed by atoms with Crippen molar-refractivity contribution >= 4 is 5.78 Å². The minimum absolute atomic E-state index is 0.0510. The predicted octanol–water partition coefficient (Wildman–Crippen LogP) is 9.47. The third-order valence-corrected chi connectivity index (χ3v) is 9.79. The van der Waals surface area contributed by atoms with Crippen LogP contribution in [0.2, 0.25) is 0 Å². The zero-order chi connectivity index (χ0) is 29.8. The Morgan fingerprint density at radius 2 is 1.12 bits per heavy atom. The maximum Gasteiger partial charge on any atom is 0.139 e. The largest absolute Gasteiger partial charge is 0.488 e. The van der Waals surface area contributed by atoms with Gasteiger partial charge in [-0.05, 0) is 120 Å². The van der Waals surface area contributed by atoms with Gasteiger partial charge in [0.15, 0.2) is 0 Å². The lowest BCUT2D eigenvalue weighted by Crippen LogP contribution is -2.44. The van der Waals surface area contributed by atoms with E-state index in [-0.39, 0.29) is 22.0 Å². The number of carbonyl (C=O) groups is 1. The topological polar surface area (TPSA) is 35.5 Å². The van der Waals surface area contributed by atoms with E-state index in [1.165, 1.54) is 22.3 Å². The monoisotopic (exact) mass is 552 g/mol. The van der Waals surface area contributed by atoms with Crippen molar-refractivity contribution in [2.75, 3.05) is 0 Å². The Hall–Kier alpha value is -3.07. The number of ether oxygens (including phenoxy) is 2. The summed E-state index contributed by atoms with van der Waals surface area (Å²) in [6.45, 7) is 19.2. The molecule has 2 bridgehead atoms. The lowest BCUT2D eigenvalue weighted by molar-refractivity contribution is -0.130. The van der Waals surface area contributed by atoms with Crippen molar-refractivity contribution in [2.24, 2.45) is 16.7 Å². The molecule has 0 radical (unpaired) electrons. The van der Waals surface area contributed by atoms with E-state index in [2.05, 4.69) is 135 Å². The summed E-state index contributed by atoms with van der Waals surface area (Å²) in [5.74, 6) is 2.60. The molecule has 5 rings (SSSR count). The second-order valence-electron chi connectivity index (χ2n) is 15.1. The number of Topliss-reactive ketones (excluding diaryl/α,β-unsaturated/α-hetero) is 1. The van der Waals surface area contributed by atoms with Crippen molar-refractivity contribution in [3.05, 3.63) is 95.1 Å². The van der Waals surface area contributed by atoms with E-state index in [0.717, 1.165) is 30.8 Å². The van der Waals surface area contributed by atoms with Crippen LogP contribution in [-0.4, -0.2) is 17.0 Å². The predicted molar refractivity (Wildman–Crippen MR) is 168 cm³/mol. The molecule has 2 fully saturated rings. The molecule has 0 N–H and O–H groups in total. The fraction of sp³-hybridized carbons (Fsp3) is 0.500. The smallest absolute Gasteiger partial charge is 0.139 e. The number of carbonyl (C=O) groups excluding carboxylic acids is 1. The highest BCUT2D eigenvalue weighted by atomic mass is 16.5. The van der Waals surface area contributed by atoms with E-state index < -0.39 is 5.41 Å². The minimum atomic E-state index is -0.527. The van der Waals surface area contributed by atoms with E-state index in [0.29, 0.717) is 18.1 Å². The first kappa shape index (κ1) is 29.4. The second-order valence-corrected chi connectivity index (χ2v) is 15.1. The molecule has 2 unspecified atom stereocenters. The first-order chi connectivity index (χ1) is 19.1. The third kappa shape index (κ3) is 5.33. The number of aryl methyl sites for hydroxylation is 1. The van der Waals surface area contributed by atoms with Crippen LogP contribution in [0.4, 0.5) is 0 Å². The number of benzene rings is 3. The molecular formula is C38H48O3. The number of hydrogen-bond donors (Lipinski definition) is 0. The van der Waals surface area contributed by atoms with E-state index in [4.69, 9.17) is 9.47 Å². The van der Waals surface area contributed by atoms with Crippen LogP contribution in [0.15, 0.2) is 72.8 Å². The average molecular weight is 553 g/mol. The van der Waals surface area contributed by atoms with Crippen molar-refractivity contribution in [3.63, 3.8) is 0 Å². The van der Waals surface area contributed by atoms with Gasteiger partial charge in [0.25, 0.3) is 0 Å². The van der Waals surface area contributed by atoms with Gasteiger partial charge in [-0.3, -0.25) is 4.79 Å². The molecule has 0 amide bonds. The van der Waals surface area contributed by atoms with Gasteiger partial charge in [-0.1, -0.05) is 67.9 Å². The molecule has 41 heavy (non-hydrogen) atoms. The van der Waals surface area contributed by atoms with Gasteiger partial charge in [0.1, 0.15) is 28.5 Å². The quantitative estimate of drug-likeness (QED) is 0.274. The summed E-state index contributed by atoms with van der Waals surface area (Å²) in [5.41, 5.74) is 3.27. The van der Waals surface area contributed by atoms with Crippen LogP contribution >= 0.6 is 0 Å². The van der Waals surface area contributed by atoms with Gasteiger partial charge in [-0.15, -0.1) is 0 Å². The summed E-state index contributed by atoms with van der Waals surface area (Å²) < 4.78 is 12.4. The Labute approximate surface area is 247 Å². The zero-order valence-corrected chi connectivity index (χ0v) is 26.6. The molecule has 0 heterocycles. The lowest BCUT2D eigenvalue weighted by Gasteiger charge is -2.46.